The standard InChI is InChI=1S/C14H16FN3S/c1-9-5-10(2)18-14(17-9)19-8-12-6-11(7-16)3-4-13(12)15/h3-6H,7-8,16H2,1-2H3. The van der Waals surface area contributed by atoms with Crippen LogP contribution in [0.3, 0.4) is 0 Å². The lowest BCUT2D eigenvalue weighted by atomic mass is 10.1. The minimum atomic E-state index is -0.214. The zero-order valence-corrected chi connectivity index (χ0v) is 11.8. The number of hydrogen-bond acceptors (Lipinski definition) is 4. The molecule has 100 valence electrons. The van der Waals surface area contributed by atoms with Gasteiger partial charge in [0, 0.05) is 23.7 Å². The maximum atomic E-state index is 13.7. The molecule has 0 spiro atoms. The van der Waals surface area contributed by atoms with Crippen molar-refractivity contribution in [3.63, 3.8) is 0 Å². The molecule has 0 fully saturated rings. The number of nitrogens with two attached hydrogens (primary N) is 1. The lowest BCUT2D eigenvalue weighted by molar-refractivity contribution is 0.616. The lowest BCUT2D eigenvalue weighted by Crippen LogP contribution is -1.99. The smallest absolute Gasteiger partial charge is 0.188 e. The predicted molar refractivity (Wildman–Crippen MR) is 75.4 cm³/mol. The van der Waals surface area contributed by atoms with E-state index in [1.807, 2.05) is 19.9 Å². The van der Waals surface area contributed by atoms with E-state index in [-0.39, 0.29) is 5.82 Å². The van der Waals surface area contributed by atoms with Crippen molar-refractivity contribution in [1.29, 1.82) is 0 Å². The van der Waals surface area contributed by atoms with Gasteiger partial charge in [-0.2, -0.15) is 0 Å². The van der Waals surface area contributed by atoms with Crippen LogP contribution in [0.5, 0.6) is 0 Å². The molecule has 0 amide bonds. The summed E-state index contributed by atoms with van der Waals surface area (Å²) in [5.74, 6) is 0.289. The van der Waals surface area contributed by atoms with E-state index in [4.69, 9.17) is 5.73 Å². The Morgan fingerprint density at radius 1 is 1.16 bits per heavy atom. The number of rotatable bonds is 4. The molecule has 2 aromatic rings. The van der Waals surface area contributed by atoms with Crippen LogP contribution >= 0.6 is 11.8 Å². The highest BCUT2D eigenvalue weighted by molar-refractivity contribution is 7.98. The third-order valence-corrected chi connectivity index (χ3v) is 3.56. The van der Waals surface area contributed by atoms with E-state index >= 15 is 0 Å². The van der Waals surface area contributed by atoms with Crippen molar-refractivity contribution in [3.8, 4) is 0 Å². The molecule has 3 nitrogen and oxygen atoms in total. The van der Waals surface area contributed by atoms with Crippen LogP contribution in [-0.2, 0) is 12.3 Å². The fraction of sp³-hybridized carbons (Fsp3) is 0.286. The number of aryl methyl sites for hydroxylation is 2. The van der Waals surface area contributed by atoms with E-state index in [1.165, 1.54) is 17.8 Å². The van der Waals surface area contributed by atoms with Gasteiger partial charge in [0.25, 0.3) is 0 Å². The van der Waals surface area contributed by atoms with Crippen LogP contribution in [0.15, 0.2) is 29.4 Å². The third kappa shape index (κ3) is 3.75. The highest BCUT2D eigenvalue weighted by Crippen LogP contribution is 2.22. The summed E-state index contributed by atoms with van der Waals surface area (Å²) in [5, 5.41) is 0.676. The Kier molecular flexibility index (Phi) is 4.50. The number of nitrogens with zero attached hydrogens (tertiary/aromatic N) is 2. The van der Waals surface area contributed by atoms with Crippen molar-refractivity contribution >= 4 is 11.8 Å². The first kappa shape index (κ1) is 14.0. The molecule has 0 saturated heterocycles. The van der Waals surface area contributed by atoms with Crippen molar-refractivity contribution in [2.24, 2.45) is 5.73 Å². The first-order valence-corrected chi connectivity index (χ1v) is 6.99. The lowest BCUT2D eigenvalue weighted by Gasteiger charge is -2.06. The second-order valence-electron chi connectivity index (χ2n) is 4.35. The predicted octanol–water partition coefficient (Wildman–Crippen LogP) is 2.98. The van der Waals surface area contributed by atoms with E-state index in [1.54, 1.807) is 12.1 Å². The molecule has 0 unspecified atom stereocenters. The molecule has 0 aliphatic heterocycles. The van der Waals surface area contributed by atoms with E-state index < -0.39 is 0 Å². The average molecular weight is 277 g/mol. The van der Waals surface area contributed by atoms with Crippen molar-refractivity contribution in [3.05, 3.63) is 52.6 Å². The maximum Gasteiger partial charge on any atom is 0.188 e. The molecule has 0 radical (unpaired) electrons. The first-order valence-electron chi connectivity index (χ1n) is 6.01. The van der Waals surface area contributed by atoms with Crippen LogP contribution in [0.1, 0.15) is 22.5 Å². The highest BCUT2D eigenvalue weighted by atomic mass is 32.2. The summed E-state index contributed by atoms with van der Waals surface area (Å²) in [4.78, 5) is 8.65. The molecule has 0 saturated carbocycles. The number of hydrogen-bond donors (Lipinski definition) is 1. The van der Waals surface area contributed by atoms with Crippen LogP contribution in [0, 0.1) is 19.7 Å². The summed E-state index contributed by atoms with van der Waals surface area (Å²) in [6, 6.07) is 6.88. The van der Waals surface area contributed by atoms with Gasteiger partial charge < -0.3 is 5.73 Å². The summed E-state index contributed by atoms with van der Waals surface area (Å²) in [7, 11) is 0. The molecule has 2 N–H and O–H groups in total. The monoisotopic (exact) mass is 277 g/mol. The minimum Gasteiger partial charge on any atom is -0.326 e. The van der Waals surface area contributed by atoms with Gasteiger partial charge >= 0.3 is 0 Å². The summed E-state index contributed by atoms with van der Waals surface area (Å²) < 4.78 is 13.7. The van der Waals surface area contributed by atoms with Gasteiger partial charge in [0.05, 0.1) is 0 Å². The normalized spacial score (nSPS) is 10.7. The van der Waals surface area contributed by atoms with Gasteiger partial charge in [-0.15, -0.1) is 0 Å². The minimum absolute atomic E-state index is 0.214. The maximum absolute atomic E-state index is 13.7. The molecule has 0 bridgehead atoms. The van der Waals surface area contributed by atoms with Crippen molar-refractivity contribution in [2.45, 2.75) is 31.3 Å². The van der Waals surface area contributed by atoms with Gasteiger partial charge in [-0.25, -0.2) is 14.4 Å². The van der Waals surface area contributed by atoms with Gasteiger partial charge in [0.2, 0.25) is 0 Å². The molecule has 0 aliphatic carbocycles. The fourth-order valence-electron chi connectivity index (χ4n) is 1.77. The zero-order chi connectivity index (χ0) is 13.8. The molecule has 19 heavy (non-hydrogen) atoms. The summed E-state index contributed by atoms with van der Waals surface area (Å²) in [6.07, 6.45) is 0. The van der Waals surface area contributed by atoms with Crippen molar-refractivity contribution in [1.82, 2.24) is 9.97 Å². The topological polar surface area (TPSA) is 51.8 Å². The molecule has 5 heteroatoms. The zero-order valence-electron chi connectivity index (χ0n) is 11.0. The fourth-order valence-corrected chi connectivity index (χ4v) is 2.69. The Morgan fingerprint density at radius 3 is 2.47 bits per heavy atom. The van der Waals surface area contributed by atoms with E-state index in [0.29, 0.717) is 23.0 Å². The van der Waals surface area contributed by atoms with Gasteiger partial charge in [-0.05, 0) is 37.1 Å². The summed E-state index contributed by atoms with van der Waals surface area (Å²) >= 11 is 1.43. The number of halogens is 1. The van der Waals surface area contributed by atoms with Crippen LogP contribution in [0.2, 0.25) is 0 Å². The number of benzene rings is 1. The van der Waals surface area contributed by atoms with Crippen LogP contribution < -0.4 is 5.73 Å². The van der Waals surface area contributed by atoms with Crippen molar-refractivity contribution < 1.29 is 4.39 Å². The van der Waals surface area contributed by atoms with E-state index in [2.05, 4.69) is 9.97 Å². The number of thioether (sulfide) groups is 1. The van der Waals surface area contributed by atoms with Gasteiger partial charge in [-0.3, -0.25) is 0 Å². The second kappa shape index (κ2) is 6.12. The van der Waals surface area contributed by atoms with Crippen LogP contribution in [0.4, 0.5) is 4.39 Å². The quantitative estimate of drug-likeness (QED) is 0.689. The SMILES string of the molecule is Cc1cc(C)nc(SCc2cc(CN)ccc2F)n1. The van der Waals surface area contributed by atoms with Gasteiger partial charge in [-0.1, -0.05) is 23.9 Å². The Labute approximate surface area is 116 Å². The third-order valence-electron chi connectivity index (χ3n) is 2.66. The van der Waals surface area contributed by atoms with Crippen molar-refractivity contribution in [2.75, 3.05) is 0 Å². The number of aromatic nitrogens is 2. The van der Waals surface area contributed by atoms with E-state index in [0.717, 1.165) is 17.0 Å². The molecule has 1 heterocycles. The Hall–Kier alpha value is -1.46. The van der Waals surface area contributed by atoms with E-state index in [9.17, 15) is 4.39 Å². The molecule has 1 aromatic carbocycles. The first-order chi connectivity index (χ1) is 9.08. The Bertz CT molecular complexity index is 567. The Balaban J connectivity index is 2.13. The molecule has 2 rings (SSSR count). The average Bonchev–Trinajstić information content (AvgIpc) is 2.37. The highest BCUT2D eigenvalue weighted by Gasteiger charge is 2.06. The second-order valence-corrected chi connectivity index (χ2v) is 5.29. The Morgan fingerprint density at radius 2 is 1.84 bits per heavy atom. The van der Waals surface area contributed by atoms with Gasteiger partial charge in [0.15, 0.2) is 5.16 Å². The summed E-state index contributed by atoms with van der Waals surface area (Å²) in [5.41, 5.74) is 8.97. The molecule has 0 atom stereocenters. The van der Waals surface area contributed by atoms with Gasteiger partial charge in [0.1, 0.15) is 5.82 Å². The van der Waals surface area contributed by atoms with Crippen LogP contribution in [0.25, 0.3) is 0 Å². The molecular formula is C14H16FN3S. The largest absolute Gasteiger partial charge is 0.326 e. The molecule has 0 aliphatic rings. The summed E-state index contributed by atoms with van der Waals surface area (Å²) in [6.45, 7) is 4.26. The van der Waals surface area contributed by atoms with Crippen LogP contribution in [-0.4, -0.2) is 9.97 Å². The molecule has 1 aromatic heterocycles. The molecular weight excluding hydrogens is 261 g/mol.